The molecule has 2 amide bonds. The van der Waals surface area contributed by atoms with Crippen LogP contribution in [0.2, 0.25) is 0 Å². The highest BCUT2D eigenvalue weighted by Gasteiger charge is 2.29. The molecule has 1 aliphatic rings. The fourth-order valence-electron chi connectivity index (χ4n) is 5.75. The van der Waals surface area contributed by atoms with Gasteiger partial charge in [-0.1, -0.05) is 62.6 Å². The van der Waals surface area contributed by atoms with Crippen molar-refractivity contribution in [2.24, 2.45) is 0 Å². The molecule has 5 N–H and O–H groups in total. The zero-order valence-electron chi connectivity index (χ0n) is 28.7. The number of anilines is 2. The molecule has 3 aromatic carbocycles. The van der Waals surface area contributed by atoms with Crippen molar-refractivity contribution in [2.75, 3.05) is 50.0 Å². The van der Waals surface area contributed by atoms with Gasteiger partial charge in [0.05, 0.1) is 4.90 Å². The van der Waals surface area contributed by atoms with E-state index in [4.69, 9.17) is 4.74 Å². The Hall–Kier alpha value is -3.90. The summed E-state index contributed by atoms with van der Waals surface area (Å²) in [6.07, 6.45) is 8.50. The molecule has 1 heterocycles. The van der Waals surface area contributed by atoms with Gasteiger partial charge in [0, 0.05) is 43.6 Å². The summed E-state index contributed by atoms with van der Waals surface area (Å²) in [5.74, 6) is 0.775. The predicted octanol–water partition coefficient (Wildman–Crippen LogP) is 5.95. The lowest BCUT2D eigenvalue weighted by Crippen LogP contribution is -2.42. The average Bonchev–Trinajstić information content (AvgIpc) is 3.11. The van der Waals surface area contributed by atoms with Gasteiger partial charge < -0.3 is 31.1 Å². The van der Waals surface area contributed by atoms with Gasteiger partial charge >= 0.3 is 6.03 Å². The molecule has 266 valence electrons. The van der Waals surface area contributed by atoms with Crippen LogP contribution in [0.3, 0.4) is 0 Å². The molecule has 0 spiro atoms. The maximum Gasteiger partial charge on any atom is 0.319 e. The molecular formula is C38H53N5O5S. The van der Waals surface area contributed by atoms with E-state index in [1.54, 1.807) is 24.3 Å². The molecule has 10 nitrogen and oxygen atoms in total. The fraction of sp³-hybridized carbons (Fsp3) is 0.447. The molecule has 3 aromatic rings. The molecule has 0 radical (unpaired) electrons. The highest BCUT2D eigenvalue weighted by molar-refractivity contribution is 7.89. The second kappa shape index (κ2) is 19.9. The van der Waals surface area contributed by atoms with Crippen LogP contribution in [-0.2, 0) is 22.9 Å². The Labute approximate surface area is 292 Å². The van der Waals surface area contributed by atoms with Crippen LogP contribution in [0, 0.1) is 0 Å². The van der Waals surface area contributed by atoms with Gasteiger partial charge in [0.15, 0.2) is 0 Å². The van der Waals surface area contributed by atoms with Crippen molar-refractivity contribution >= 4 is 27.4 Å². The molecule has 0 unspecified atom stereocenters. The first kappa shape index (κ1) is 37.9. The van der Waals surface area contributed by atoms with Crippen molar-refractivity contribution in [1.29, 1.82) is 0 Å². The Morgan fingerprint density at radius 2 is 1.69 bits per heavy atom. The highest BCUT2D eigenvalue weighted by Crippen LogP contribution is 2.24. The largest absolute Gasteiger partial charge is 0.491 e. The lowest BCUT2D eigenvalue weighted by molar-refractivity contribution is 0.106. The number of aliphatic hydroxyl groups excluding tert-OH is 1. The van der Waals surface area contributed by atoms with Crippen molar-refractivity contribution in [3.8, 4) is 5.75 Å². The molecule has 1 aliphatic heterocycles. The first-order valence-electron chi connectivity index (χ1n) is 17.5. The summed E-state index contributed by atoms with van der Waals surface area (Å²) in [7, 11) is -3.62. The number of nitrogens with one attached hydrogen (secondary N) is 4. The second-order valence-electron chi connectivity index (χ2n) is 12.5. The van der Waals surface area contributed by atoms with E-state index in [1.165, 1.54) is 9.87 Å². The average molecular weight is 692 g/mol. The van der Waals surface area contributed by atoms with Crippen LogP contribution >= 0.6 is 0 Å². The fourth-order valence-corrected chi connectivity index (χ4v) is 7.22. The number of hydrogen-bond acceptors (Lipinski definition) is 7. The predicted molar refractivity (Wildman–Crippen MR) is 198 cm³/mol. The van der Waals surface area contributed by atoms with Crippen LogP contribution in [0.5, 0.6) is 5.75 Å². The zero-order chi connectivity index (χ0) is 34.9. The number of benzene rings is 3. The van der Waals surface area contributed by atoms with Gasteiger partial charge in [-0.15, -0.1) is 6.58 Å². The van der Waals surface area contributed by atoms with E-state index in [-0.39, 0.29) is 23.6 Å². The number of piperidine rings is 1. The first-order chi connectivity index (χ1) is 23.8. The van der Waals surface area contributed by atoms with Crippen molar-refractivity contribution in [3.63, 3.8) is 0 Å². The molecule has 0 bridgehead atoms. The quantitative estimate of drug-likeness (QED) is 0.0731. The molecule has 49 heavy (non-hydrogen) atoms. The maximum atomic E-state index is 13.3. The van der Waals surface area contributed by atoms with E-state index >= 15 is 0 Å². The molecule has 1 saturated heterocycles. The number of para-hydroxylation sites is 1. The normalized spacial score (nSPS) is 14.6. The number of ether oxygens (including phenoxy) is 1. The van der Waals surface area contributed by atoms with Crippen molar-refractivity contribution in [3.05, 3.63) is 96.6 Å². The number of allylic oxidation sites excluding steroid dienone is 1. The number of urea groups is 1. The van der Waals surface area contributed by atoms with Crippen molar-refractivity contribution in [2.45, 2.75) is 75.3 Å². The van der Waals surface area contributed by atoms with Crippen LogP contribution < -0.4 is 26.0 Å². The Bertz CT molecular complexity index is 1540. The number of amides is 2. The van der Waals surface area contributed by atoms with Gasteiger partial charge in [-0.3, -0.25) is 0 Å². The molecule has 11 heteroatoms. The van der Waals surface area contributed by atoms with E-state index in [0.29, 0.717) is 44.7 Å². The maximum absolute atomic E-state index is 13.3. The van der Waals surface area contributed by atoms with Gasteiger partial charge in [0.1, 0.15) is 18.5 Å². The number of rotatable bonds is 20. The van der Waals surface area contributed by atoms with Crippen molar-refractivity contribution < 1.29 is 23.1 Å². The Balaban J connectivity index is 1.12. The Kier molecular flexibility index (Phi) is 15.4. The van der Waals surface area contributed by atoms with Gasteiger partial charge in [0.25, 0.3) is 0 Å². The minimum absolute atomic E-state index is 0.179. The van der Waals surface area contributed by atoms with Crippen LogP contribution in [0.1, 0.15) is 56.6 Å². The minimum atomic E-state index is -3.62. The van der Waals surface area contributed by atoms with Gasteiger partial charge in [-0.25, -0.2) is 13.2 Å². The summed E-state index contributed by atoms with van der Waals surface area (Å²) in [4.78, 5) is 12.4. The van der Waals surface area contributed by atoms with Crippen molar-refractivity contribution in [1.82, 2.24) is 14.9 Å². The number of hydrogen-bond donors (Lipinski definition) is 5. The van der Waals surface area contributed by atoms with Crippen LogP contribution in [0.4, 0.5) is 16.2 Å². The summed E-state index contributed by atoms with van der Waals surface area (Å²) in [6, 6.07) is 22.4. The van der Waals surface area contributed by atoms with Crippen LogP contribution in [0.15, 0.2) is 90.3 Å². The monoisotopic (exact) mass is 691 g/mol. The lowest BCUT2D eigenvalue weighted by Gasteiger charge is -2.32. The summed E-state index contributed by atoms with van der Waals surface area (Å²) in [5, 5.41) is 22.8. The van der Waals surface area contributed by atoms with Gasteiger partial charge in [-0.05, 0) is 92.2 Å². The third kappa shape index (κ3) is 12.5. The molecule has 0 saturated carbocycles. The third-order valence-electron chi connectivity index (χ3n) is 8.58. The second-order valence-corrected chi connectivity index (χ2v) is 14.4. The van der Waals surface area contributed by atoms with E-state index in [9.17, 15) is 18.3 Å². The third-order valence-corrected chi connectivity index (χ3v) is 10.5. The number of carbonyl (C=O) groups is 1. The van der Waals surface area contributed by atoms with Gasteiger partial charge in [-0.2, -0.15) is 4.31 Å². The lowest BCUT2D eigenvalue weighted by atomic mass is 10.1. The number of sulfonamides is 1. The standard InChI is InChI=1S/C38H53N5O5S/c1-3-5-6-9-24-40-38(45)42-33-17-19-36(20-18-33)49(46,47)43-26-22-34(23-27-43)41-32-15-13-30(14-16-32)21-25-39-28-35(44)29-48-37-12-8-7-11-31(37)10-4-2/h4,7-8,11-20,34-35,39,41,44H,2-3,5-6,9-10,21-29H2,1H3,(H2,40,42,45)/t35-/m0/s1. The minimum Gasteiger partial charge on any atom is -0.491 e. The van der Waals surface area contributed by atoms with Crippen LogP contribution in [0.25, 0.3) is 0 Å². The van der Waals surface area contributed by atoms with E-state index < -0.39 is 16.1 Å². The zero-order valence-corrected chi connectivity index (χ0v) is 29.5. The smallest absolute Gasteiger partial charge is 0.319 e. The van der Waals surface area contributed by atoms with E-state index in [2.05, 4.69) is 59.0 Å². The van der Waals surface area contributed by atoms with E-state index in [1.807, 2.05) is 30.3 Å². The summed E-state index contributed by atoms with van der Waals surface area (Å²) >= 11 is 0. The molecule has 1 atom stereocenters. The Morgan fingerprint density at radius 1 is 0.980 bits per heavy atom. The Morgan fingerprint density at radius 3 is 2.41 bits per heavy atom. The van der Waals surface area contributed by atoms with E-state index in [0.717, 1.165) is 62.1 Å². The summed E-state index contributed by atoms with van der Waals surface area (Å²) < 4.78 is 34.0. The molecule has 0 aliphatic carbocycles. The number of nitrogens with zero attached hydrogens (tertiary/aromatic N) is 1. The molecule has 0 aromatic heterocycles. The van der Waals surface area contributed by atoms with Gasteiger partial charge in [0.2, 0.25) is 10.0 Å². The summed E-state index contributed by atoms with van der Waals surface area (Å²) in [5.41, 5.74) is 3.80. The number of carbonyl (C=O) groups excluding carboxylic acids is 1. The first-order valence-corrected chi connectivity index (χ1v) is 18.9. The van der Waals surface area contributed by atoms with Crippen LogP contribution in [-0.4, -0.2) is 75.3 Å². The summed E-state index contributed by atoms with van der Waals surface area (Å²) in [6.45, 7) is 8.81. The molecule has 4 rings (SSSR count). The number of unbranched alkanes of at least 4 members (excludes halogenated alkanes) is 3. The molecule has 1 fully saturated rings. The number of aliphatic hydroxyl groups is 1. The highest BCUT2D eigenvalue weighted by atomic mass is 32.2. The molecular weight excluding hydrogens is 639 g/mol. The SMILES string of the molecule is C=CCc1ccccc1OC[C@@H](O)CNCCc1ccc(NC2CCN(S(=O)(=O)c3ccc(NC(=O)NCCCCCC)cc3)CC2)cc1. The topological polar surface area (TPSA) is 132 Å².